The molecule has 6 heteroatoms. The minimum Gasteiger partial charge on any atom is -0.206 e. The summed E-state index contributed by atoms with van der Waals surface area (Å²) in [6.07, 6.45) is -0.298. The zero-order chi connectivity index (χ0) is 11.3. The van der Waals surface area contributed by atoms with Crippen LogP contribution in [0.15, 0.2) is 16.7 Å². The van der Waals surface area contributed by atoms with Gasteiger partial charge in [-0.15, -0.1) is 5.10 Å². The minimum absolute atomic E-state index is 0.423. The predicted molar refractivity (Wildman–Crippen MR) is 57.6 cm³/mol. The van der Waals surface area contributed by atoms with Crippen LogP contribution in [0.1, 0.15) is 36.6 Å². The molecule has 2 aromatic rings. The maximum absolute atomic E-state index is 12.5. The molecule has 0 amide bonds. The van der Waals surface area contributed by atoms with Crippen LogP contribution in [0.2, 0.25) is 0 Å². The van der Waals surface area contributed by atoms with Gasteiger partial charge in [0.15, 0.2) is 5.65 Å². The van der Waals surface area contributed by atoms with Crippen LogP contribution in [0, 0.1) is 0 Å². The van der Waals surface area contributed by atoms with E-state index in [1.165, 1.54) is 17.4 Å². The van der Waals surface area contributed by atoms with E-state index in [4.69, 9.17) is 0 Å². The molecule has 16 heavy (non-hydrogen) atoms. The summed E-state index contributed by atoms with van der Waals surface area (Å²) in [5.74, 6) is 0.140. The summed E-state index contributed by atoms with van der Waals surface area (Å²) < 4.78 is 27.0. The molecule has 0 radical (unpaired) electrons. The molecule has 0 atom stereocenters. The Morgan fingerprint density at radius 2 is 2.12 bits per heavy atom. The molecule has 1 fully saturated rings. The molecule has 0 spiro atoms. The number of hydrogen-bond donors (Lipinski definition) is 0. The standard InChI is InChI=1S/C10H8BrF2N3/c11-7-3-6(5-1-2-5)4-8-14-10(9(12)13)15-16(7)8/h3-5,9H,1-2H2. The van der Waals surface area contributed by atoms with Gasteiger partial charge in [0.05, 0.1) is 0 Å². The average Bonchev–Trinajstić information content (AvgIpc) is 2.97. The first-order valence-corrected chi connectivity index (χ1v) is 5.78. The summed E-state index contributed by atoms with van der Waals surface area (Å²) in [4.78, 5) is 3.82. The molecule has 3 nitrogen and oxygen atoms in total. The Kier molecular flexibility index (Phi) is 2.20. The van der Waals surface area contributed by atoms with Crippen LogP contribution in [-0.2, 0) is 0 Å². The molecule has 0 aliphatic heterocycles. The molecule has 3 rings (SSSR count). The van der Waals surface area contributed by atoms with Gasteiger partial charge in [0.25, 0.3) is 6.43 Å². The van der Waals surface area contributed by atoms with E-state index in [9.17, 15) is 8.78 Å². The van der Waals surface area contributed by atoms with Gasteiger partial charge in [0.2, 0.25) is 5.82 Å². The van der Waals surface area contributed by atoms with Crippen LogP contribution in [0.4, 0.5) is 8.78 Å². The molecule has 2 heterocycles. The summed E-state index contributed by atoms with van der Waals surface area (Å²) in [7, 11) is 0. The molecule has 0 aromatic carbocycles. The summed E-state index contributed by atoms with van der Waals surface area (Å²) in [6.45, 7) is 0. The summed E-state index contributed by atoms with van der Waals surface area (Å²) in [5, 5.41) is 3.74. The second-order valence-electron chi connectivity index (χ2n) is 3.93. The second-order valence-corrected chi connectivity index (χ2v) is 4.74. The maximum atomic E-state index is 12.5. The van der Waals surface area contributed by atoms with Crippen molar-refractivity contribution in [3.8, 4) is 0 Å². The lowest BCUT2D eigenvalue weighted by Gasteiger charge is -2.00. The lowest BCUT2D eigenvalue weighted by molar-refractivity contribution is 0.140. The molecule has 2 aromatic heterocycles. The Hall–Kier alpha value is -1.04. The van der Waals surface area contributed by atoms with E-state index < -0.39 is 12.2 Å². The molecule has 84 valence electrons. The smallest absolute Gasteiger partial charge is 0.206 e. The fourth-order valence-corrected chi connectivity index (χ4v) is 2.25. The SMILES string of the molecule is FC(F)c1nc2cc(C3CC3)cc(Br)n2n1. The van der Waals surface area contributed by atoms with Crippen molar-refractivity contribution < 1.29 is 8.78 Å². The number of pyridine rings is 1. The quantitative estimate of drug-likeness (QED) is 0.794. The minimum atomic E-state index is -2.63. The van der Waals surface area contributed by atoms with Gasteiger partial charge in [0, 0.05) is 0 Å². The lowest BCUT2D eigenvalue weighted by atomic mass is 10.2. The maximum Gasteiger partial charge on any atom is 0.299 e. The number of halogens is 3. The molecular formula is C10H8BrF2N3. The van der Waals surface area contributed by atoms with E-state index in [2.05, 4.69) is 26.0 Å². The van der Waals surface area contributed by atoms with Crippen molar-refractivity contribution in [2.24, 2.45) is 0 Å². The molecule has 1 aliphatic rings. The van der Waals surface area contributed by atoms with E-state index in [1.54, 1.807) is 0 Å². The number of fused-ring (bicyclic) bond motifs is 1. The van der Waals surface area contributed by atoms with Crippen molar-refractivity contribution >= 4 is 21.6 Å². The number of alkyl halides is 2. The van der Waals surface area contributed by atoms with Gasteiger partial charge in [-0.05, 0) is 52.4 Å². The number of nitrogens with zero attached hydrogens (tertiary/aromatic N) is 3. The summed E-state index contributed by atoms with van der Waals surface area (Å²) in [6, 6.07) is 3.76. The van der Waals surface area contributed by atoms with Crippen molar-refractivity contribution in [3.63, 3.8) is 0 Å². The van der Waals surface area contributed by atoms with Crippen LogP contribution >= 0.6 is 15.9 Å². The fourth-order valence-electron chi connectivity index (χ4n) is 1.73. The third-order valence-electron chi connectivity index (χ3n) is 2.68. The Morgan fingerprint density at radius 1 is 1.38 bits per heavy atom. The Labute approximate surface area is 98.6 Å². The van der Waals surface area contributed by atoms with Gasteiger partial charge < -0.3 is 0 Å². The zero-order valence-corrected chi connectivity index (χ0v) is 9.79. The average molecular weight is 288 g/mol. The van der Waals surface area contributed by atoms with E-state index in [1.807, 2.05) is 12.1 Å². The third kappa shape index (κ3) is 1.61. The number of rotatable bonds is 2. The van der Waals surface area contributed by atoms with Gasteiger partial charge >= 0.3 is 0 Å². The summed E-state index contributed by atoms with van der Waals surface area (Å²) >= 11 is 3.32. The Morgan fingerprint density at radius 3 is 2.75 bits per heavy atom. The van der Waals surface area contributed by atoms with E-state index in [-0.39, 0.29) is 0 Å². The van der Waals surface area contributed by atoms with E-state index in [0.29, 0.717) is 16.2 Å². The molecule has 1 saturated carbocycles. The lowest BCUT2D eigenvalue weighted by Crippen LogP contribution is -1.93. The highest BCUT2D eigenvalue weighted by Gasteiger charge is 2.25. The first-order chi connectivity index (χ1) is 7.65. The number of hydrogen-bond acceptors (Lipinski definition) is 2. The highest BCUT2D eigenvalue weighted by Crippen LogP contribution is 2.41. The number of aromatic nitrogens is 3. The van der Waals surface area contributed by atoms with Crippen LogP contribution in [0.5, 0.6) is 0 Å². The Bertz CT molecular complexity index is 548. The topological polar surface area (TPSA) is 30.2 Å². The van der Waals surface area contributed by atoms with E-state index in [0.717, 1.165) is 5.56 Å². The predicted octanol–water partition coefficient (Wildman–Crippen LogP) is 3.31. The summed E-state index contributed by atoms with van der Waals surface area (Å²) in [5.41, 5.74) is 1.62. The largest absolute Gasteiger partial charge is 0.299 e. The van der Waals surface area contributed by atoms with Crippen LogP contribution in [0.25, 0.3) is 5.65 Å². The van der Waals surface area contributed by atoms with Gasteiger partial charge in [-0.3, -0.25) is 0 Å². The molecule has 0 unspecified atom stereocenters. The molecule has 1 aliphatic carbocycles. The van der Waals surface area contributed by atoms with Crippen LogP contribution in [0.3, 0.4) is 0 Å². The van der Waals surface area contributed by atoms with Crippen molar-refractivity contribution in [3.05, 3.63) is 28.1 Å². The van der Waals surface area contributed by atoms with Crippen molar-refractivity contribution in [2.45, 2.75) is 25.2 Å². The first kappa shape index (κ1) is 10.1. The van der Waals surface area contributed by atoms with Crippen molar-refractivity contribution in [2.75, 3.05) is 0 Å². The molecule has 0 N–H and O–H groups in total. The van der Waals surface area contributed by atoms with E-state index >= 15 is 0 Å². The van der Waals surface area contributed by atoms with Crippen molar-refractivity contribution in [1.29, 1.82) is 0 Å². The molecular weight excluding hydrogens is 280 g/mol. The molecule has 0 bridgehead atoms. The van der Waals surface area contributed by atoms with Gasteiger partial charge in [-0.25, -0.2) is 18.3 Å². The van der Waals surface area contributed by atoms with Crippen molar-refractivity contribution in [1.82, 2.24) is 14.6 Å². The fraction of sp³-hybridized carbons (Fsp3) is 0.400. The third-order valence-corrected chi connectivity index (χ3v) is 3.24. The monoisotopic (exact) mass is 287 g/mol. The Balaban J connectivity index is 2.17. The highest BCUT2D eigenvalue weighted by molar-refractivity contribution is 9.10. The van der Waals surface area contributed by atoms with Gasteiger partial charge in [-0.1, -0.05) is 0 Å². The second kappa shape index (κ2) is 3.48. The zero-order valence-electron chi connectivity index (χ0n) is 8.20. The van der Waals surface area contributed by atoms with Crippen LogP contribution in [-0.4, -0.2) is 14.6 Å². The molecule has 0 saturated heterocycles. The normalized spacial score (nSPS) is 16.2. The van der Waals surface area contributed by atoms with Gasteiger partial charge in [0.1, 0.15) is 4.60 Å². The van der Waals surface area contributed by atoms with Gasteiger partial charge in [-0.2, -0.15) is 0 Å². The van der Waals surface area contributed by atoms with Crippen LogP contribution < -0.4 is 0 Å². The first-order valence-electron chi connectivity index (χ1n) is 4.99. The highest BCUT2D eigenvalue weighted by atomic mass is 79.9.